The van der Waals surface area contributed by atoms with Crippen LogP contribution in [0.25, 0.3) is 0 Å². The van der Waals surface area contributed by atoms with E-state index in [1.165, 1.54) is 75.9 Å². The first-order chi connectivity index (χ1) is 46.7. The molecular weight excluding hydrogens is 1290 g/mol. The van der Waals surface area contributed by atoms with E-state index in [2.05, 4.69) is 26.6 Å². The van der Waals surface area contributed by atoms with Gasteiger partial charge in [0.1, 0.15) is 60.4 Å². The fourth-order valence-electron chi connectivity index (χ4n) is 14.0. The lowest BCUT2D eigenvalue weighted by molar-refractivity contribution is -0.152. The Labute approximate surface area is 594 Å². The van der Waals surface area contributed by atoms with Gasteiger partial charge in [-0.25, -0.2) is 8.78 Å². The van der Waals surface area contributed by atoms with E-state index in [9.17, 15) is 42.3 Å². The molecule has 0 unspecified atom stereocenters. The number of alkyl halides is 2. The standard InChI is InChI=1S/C72H125F2N13O13/c1-20-55-70(98)85(18)58(36-49-27-23-21-24-28-49)65(93)77-52(32-44(4)5)68(96)86(19)59(35-47(10)11)71(99)84(17)57(34-46(8)9)64(92)79-54(41-100-40-50-38-72(73,74)42-75-50)66(94)80(13)39-61(89)82(15)56(33-45(6)7)63(91)78-53(69(97)87-29-25-22-26-30-87)37-60(88)81(14)48(12)62(90)76-51(31-43(2)3)67(95)83(55)16/h43-59,75H,20-42H2,1-19H3,(H,76,90)(H,77,93)(H,78,91)(H,79,92)/t48-,50-,51-,52-,53-,54-,55-,56-,57-,58-,59-/m0/s1. The summed E-state index contributed by atoms with van der Waals surface area (Å²) in [7, 11) is 9.89. The highest BCUT2D eigenvalue weighted by atomic mass is 19.3. The molecule has 28 heteroatoms. The average Bonchev–Trinajstić information content (AvgIpc) is 0.999. The molecular formula is C72H125F2N13O13. The van der Waals surface area contributed by atoms with E-state index in [1.807, 2.05) is 69.2 Å². The highest BCUT2D eigenvalue weighted by Gasteiger charge is 2.45. The third-order valence-electron chi connectivity index (χ3n) is 20.2. The van der Waals surface area contributed by atoms with Gasteiger partial charge in [-0.1, -0.05) is 108 Å². The van der Waals surface area contributed by atoms with Gasteiger partial charge in [0, 0.05) is 74.9 Å². The molecule has 1 saturated carbocycles. The number of nitrogens with zero attached hydrogens (tertiary/aromatic N) is 8. The molecule has 0 bridgehead atoms. The lowest BCUT2D eigenvalue weighted by Gasteiger charge is -2.39. The van der Waals surface area contributed by atoms with Crippen LogP contribution < -0.4 is 26.6 Å². The van der Waals surface area contributed by atoms with Crippen LogP contribution in [0.3, 0.4) is 0 Å². The van der Waals surface area contributed by atoms with Crippen molar-refractivity contribution in [1.82, 2.24) is 65.8 Å². The van der Waals surface area contributed by atoms with Gasteiger partial charge in [0.25, 0.3) is 5.92 Å². The van der Waals surface area contributed by atoms with E-state index < -0.39 is 176 Å². The van der Waals surface area contributed by atoms with Crippen molar-refractivity contribution in [3.05, 3.63) is 0 Å². The third-order valence-corrected chi connectivity index (χ3v) is 20.2. The lowest BCUT2D eigenvalue weighted by atomic mass is 9.84. The number of ether oxygens (including phenoxy) is 1. The van der Waals surface area contributed by atoms with Gasteiger partial charge in [0.2, 0.25) is 70.9 Å². The normalized spacial score (nSPS) is 28.1. The topological polar surface area (TPSA) is 300 Å². The second-order valence-electron chi connectivity index (χ2n) is 31.1. The zero-order chi connectivity index (χ0) is 75.4. The summed E-state index contributed by atoms with van der Waals surface area (Å²) in [5, 5.41) is 14.1. The number of piperidine rings is 1. The largest absolute Gasteiger partial charge is 0.377 e. The number of likely N-dealkylation sites (tertiary alicyclic amines) is 1. The molecule has 3 saturated heterocycles. The number of carbonyl (C=O) groups is 12. The Morgan fingerprint density at radius 3 is 1.44 bits per heavy atom. The molecule has 1 aliphatic carbocycles. The van der Waals surface area contributed by atoms with Gasteiger partial charge in [0.05, 0.1) is 32.7 Å². The predicted octanol–water partition coefficient (Wildman–Crippen LogP) is 4.41. The van der Waals surface area contributed by atoms with Crippen molar-refractivity contribution in [2.45, 2.75) is 265 Å². The summed E-state index contributed by atoms with van der Waals surface area (Å²) in [5.74, 6) is -12.2. The molecule has 3 heterocycles. The van der Waals surface area contributed by atoms with Crippen LogP contribution >= 0.6 is 0 Å². The summed E-state index contributed by atoms with van der Waals surface area (Å²) in [5.41, 5.74) is 0. The minimum atomic E-state index is -3.01. The predicted molar refractivity (Wildman–Crippen MR) is 376 cm³/mol. The van der Waals surface area contributed by atoms with Crippen molar-refractivity contribution >= 4 is 70.9 Å². The quantitative estimate of drug-likeness (QED) is 0.127. The molecule has 570 valence electrons. The fourth-order valence-corrected chi connectivity index (χ4v) is 14.0. The first-order valence-corrected chi connectivity index (χ1v) is 36.7. The summed E-state index contributed by atoms with van der Waals surface area (Å²) in [4.78, 5) is 189. The Bertz CT molecular complexity index is 2780. The van der Waals surface area contributed by atoms with E-state index in [4.69, 9.17) is 4.74 Å². The smallest absolute Gasteiger partial charge is 0.261 e. The lowest BCUT2D eigenvalue weighted by Crippen LogP contribution is -2.61. The summed E-state index contributed by atoms with van der Waals surface area (Å²) < 4.78 is 34.7. The van der Waals surface area contributed by atoms with E-state index >= 15 is 24.0 Å². The molecule has 26 nitrogen and oxygen atoms in total. The SMILES string of the molecule is CC[C@H]1C(=O)N(C)[C@@H](CC2CCCCC2)C(=O)N[C@@H](CC(C)C)C(=O)N(C)[C@@H](CC(C)C)C(=O)N(C)[C@@H](CC(C)C)C(=O)N[C@@H](COC[C@@H]2CC(F)(F)CN2)C(=O)N(C)CC(=O)N(C)[C@@H](CC(C)C)C(=O)N[C@H](C(=O)N2CCCCC2)CC(=O)N(C)[C@@H](C)C(=O)N[C@@H](CC(C)C)C(=O)N1C. The van der Waals surface area contributed by atoms with E-state index in [0.717, 1.165) is 53.2 Å². The average molecular weight is 1420 g/mol. The Balaban J connectivity index is 1.93. The molecule has 0 aromatic heterocycles. The number of carbonyl (C=O) groups excluding carboxylic acids is 12. The number of likely N-dealkylation sites (N-methyl/N-ethyl adjacent to an activating group) is 7. The Hall–Kier alpha value is -6.58. The summed E-state index contributed by atoms with van der Waals surface area (Å²) in [6.45, 7) is 20.3. The number of hydrogen-bond donors (Lipinski definition) is 5. The Morgan fingerprint density at radius 2 is 0.930 bits per heavy atom. The van der Waals surface area contributed by atoms with Crippen molar-refractivity contribution in [3.8, 4) is 0 Å². The van der Waals surface area contributed by atoms with Crippen LogP contribution in [-0.2, 0) is 62.3 Å². The number of halogens is 2. The maximum absolute atomic E-state index is 15.3. The van der Waals surface area contributed by atoms with Gasteiger partial charge in [-0.3, -0.25) is 57.5 Å². The van der Waals surface area contributed by atoms with Gasteiger partial charge >= 0.3 is 0 Å². The molecule has 4 aliphatic rings. The molecule has 0 aromatic rings. The zero-order valence-corrected chi connectivity index (χ0v) is 63.7. The molecule has 0 spiro atoms. The molecule has 4 rings (SSSR count). The number of rotatable bonds is 18. The number of amides is 12. The van der Waals surface area contributed by atoms with Crippen LogP contribution in [0, 0.1) is 35.5 Å². The maximum atomic E-state index is 15.3. The summed E-state index contributed by atoms with van der Waals surface area (Å²) >= 11 is 0. The van der Waals surface area contributed by atoms with Crippen molar-refractivity contribution in [1.29, 1.82) is 0 Å². The van der Waals surface area contributed by atoms with Crippen LogP contribution in [0.4, 0.5) is 8.78 Å². The Kier molecular flexibility index (Phi) is 34.1. The van der Waals surface area contributed by atoms with Crippen LogP contribution in [0.5, 0.6) is 0 Å². The number of nitrogens with one attached hydrogen (secondary N) is 5. The van der Waals surface area contributed by atoms with Gasteiger partial charge in [-0.15, -0.1) is 0 Å². The molecule has 100 heavy (non-hydrogen) atoms. The third kappa shape index (κ3) is 25.1. The van der Waals surface area contributed by atoms with E-state index in [-0.39, 0.29) is 87.1 Å². The van der Waals surface area contributed by atoms with Gasteiger partial charge in [0.15, 0.2) is 0 Å². The van der Waals surface area contributed by atoms with Crippen LogP contribution in [0.2, 0.25) is 0 Å². The van der Waals surface area contributed by atoms with Gasteiger partial charge in [-0.2, -0.15) is 0 Å². The zero-order valence-electron chi connectivity index (χ0n) is 63.7. The minimum Gasteiger partial charge on any atom is -0.377 e. The number of hydrogen-bond acceptors (Lipinski definition) is 14. The first-order valence-electron chi connectivity index (χ1n) is 36.7. The summed E-state index contributed by atoms with van der Waals surface area (Å²) in [6, 6.07) is -13.6. The van der Waals surface area contributed by atoms with E-state index in [0.29, 0.717) is 25.9 Å². The Morgan fingerprint density at radius 1 is 0.490 bits per heavy atom. The molecule has 0 aromatic carbocycles. The fraction of sp³-hybridized carbons (Fsp3) is 0.833. The van der Waals surface area contributed by atoms with Crippen LogP contribution in [0.15, 0.2) is 0 Å². The van der Waals surface area contributed by atoms with Crippen molar-refractivity contribution in [2.24, 2.45) is 35.5 Å². The molecule has 12 amide bonds. The highest BCUT2D eigenvalue weighted by Crippen LogP contribution is 2.31. The summed E-state index contributed by atoms with van der Waals surface area (Å²) in [6.07, 6.45) is 6.30. The molecule has 4 fully saturated rings. The molecule has 5 N–H and O–H groups in total. The molecule has 3 aliphatic heterocycles. The molecule has 0 radical (unpaired) electrons. The monoisotopic (exact) mass is 1420 g/mol. The first kappa shape index (κ1) is 85.8. The second kappa shape index (κ2) is 39.7. The molecule has 11 atom stereocenters. The van der Waals surface area contributed by atoms with Gasteiger partial charge in [-0.05, 0) is 107 Å². The maximum Gasteiger partial charge on any atom is 0.261 e. The van der Waals surface area contributed by atoms with Crippen molar-refractivity contribution in [2.75, 3.05) is 88.7 Å². The van der Waals surface area contributed by atoms with Crippen molar-refractivity contribution < 1.29 is 71.1 Å². The van der Waals surface area contributed by atoms with Gasteiger partial charge < -0.3 is 70.5 Å². The van der Waals surface area contributed by atoms with Crippen molar-refractivity contribution in [3.63, 3.8) is 0 Å². The van der Waals surface area contributed by atoms with E-state index in [1.54, 1.807) is 11.8 Å². The van der Waals surface area contributed by atoms with Crippen LogP contribution in [-0.4, -0.2) is 271 Å². The minimum absolute atomic E-state index is 0.0316. The van der Waals surface area contributed by atoms with Crippen LogP contribution in [0.1, 0.15) is 192 Å². The second-order valence-corrected chi connectivity index (χ2v) is 31.1. The highest BCUT2D eigenvalue weighted by molar-refractivity contribution is 6.00.